The number of allylic oxidation sites excluding steroid dienone is 1. The van der Waals surface area contributed by atoms with Gasteiger partial charge in [0.15, 0.2) is 22.8 Å². The smallest absolute Gasteiger partial charge is 0.177 e. The number of hydrogen-bond donors (Lipinski definition) is 0. The Morgan fingerprint density at radius 2 is 1.13 bits per heavy atom. The van der Waals surface area contributed by atoms with Crippen LogP contribution in [0.5, 0.6) is 0 Å². The molecule has 1 aliphatic heterocycles. The molecular formula is C43H41N9. The summed E-state index contributed by atoms with van der Waals surface area (Å²) in [6.45, 7) is 17.4. The number of nitrogens with zero attached hydrogens (tertiary/aromatic N) is 9. The van der Waals surface area contributed by atoms with Crippen LogP contribution < -0.4 is 0 Å². The summed E-state index contributed by atoms with van der Waals surface area (Å²) in [5.74, 6) is 0. The Morgan fingerprint density at radius 1 is 0.635 bits per heavy atom. The van der Waals surface area contributed by atoms with E-state index >= 15 is 0 Å². The van der Waals surface area contributed by atoms with Crippen LogP contribution in [-0.4, -0.2) is 36.9 Å². The van der Waals surface area contributed by atoms with Crippen molar-refractivity contribution in [3.05, 3.63) is 70.4 Å². The van der Waals surface area contributed by atoms with Gasteiger partial charge in [0.25, 0.3) is 0 Å². The van der Waals surface area contributed by atoms with Crippen molar-refractivity contribution in [2.24, 2.45) is 10.8 Å². The second kappa shape index (κ2) is 12.4. The zero-order valence-electron chi connectivity index (χ0n) is 30.9. The molecule has 2 aromatic heterocycles. The zero-order chi connectivity index (χ0) is 37.2. The Hall–Kier alpha value is -5.90. The topological polar surface area (TPSA) is 150 Å². The average molecular weight is 684 g/mol. The Balaban J connectivity index is 1.29. The van der Waals surface area contributed by atoms with E-state index in [1.165, 1.54) is 5.70 Å². The molecule has 6 aromatic rings. The van der Waals surface area contributed by atoms with Crippen molar-refractivity contribution in [2.75, 3.05) is 6.54 Å². The van der Waals surface area contributed by atoms with Crippen molar-refractivity contribution < 1.29 is 0 Å². The fourth-order valence-electron chi connectivity index (χ4n) is 8.23. The van der Waals surface area contributed by atoms with Gasteiger partial charge in [-0.05, 0) is 43.6 Å². The molecule has 3 heterocycles. The molecule has 4 aromatic carbocycles. The highest BCUT2D eigenvalue weighted by atomic mass is 15.2. The van der Waals surface area contributed by atoms with E-state index in [4.69, 9.17) is 9.97 Å². The highest BCUT2D eigenvalue weighted by Crippen LogP contribution is 2.49. The first-order chi connectivity index (χ1) is 24.8. The Labute approximate surface area is 304 Å². The lowest BCUT2D eigenvalue weighted by molar-refractivity contribution is 0.0374. The molecule has 9 nitrogen and oxygen atoms in total. The summed E-state index contributed by atoms with van der Waals surface area (Å²) >= 11 is 0. The fraction of sp³-hybridized carbons (Fsp3) is 0.395. The molecule has 1 unspecified atom stereocenters. The molecule has 0 radical (unpaired) electrons. The summed E-state index contributed by atoms with van der Waals surface area (Å²) in [6, 6.07) is 18.1. The van der Waals surface area contributed by atoms with Crippen LogP contribution >= 0.6 is 0 Å². The van der Waals surface area contributed by atoms with Crippen LogP contribution in [0, 0.1) is 56.2 Å². The minimum absolute atomic E-state index is 0.0151. The van der Waals surface area contributed by atoms with Gasteiger partial charge in [0.05, 0.1) is 22.1 Å². The molecule has 0 N–H and O–H groups in total. The van der Waals surface area contributed by atoms with Crippen LogP contribution in [0.3, 0.4) is 0 Å². The third-order valence-electron chi connectivity index (χ3n) is 11.4. The summed E-state index contributed by atoms with van der Waals surface area (Å²) in [4.78, 5) is 21.5. The van der Waals surface area contributed by atoms with Crippen molar-refractivity contribution >= 4 is 54.4 Å². The van der Waals surface area contributed by atoms with Crippen LogP contribution in [0.2, 0.25) is 0 Å². The van der Waals surface area contributed by atoms with E-state index in [0.717, 1.165) is 83.0 Å². The number of nitriles is 4. The summed E-state index contributed by atoms with van der Waals surface area (Å²) in [5, 5.41) is 44.5. The molecule has 52 heavy (non-hydrogen) atoms. The molecule has 0 fully saturated rings. The predicted molar refractivity (Wildman–Crippen MR) is 204 cm³/mol. The lowest BCUT2D eigenvalue weighted by atomic mass is 9.72. The molecule has 7 rings (SSSR count). The number of aryl methyl sites for hydroxylation is 1. The minimum atomic E-state index is -0.0287. The normalized spacial score (nSPS) is 16.4. The number of rotatable bonds is 7. The molecule has 0 amide bonds. The molecular weight excluding hydrogens is 643 g/mol. The Bertz CT molecular complexity index is 2630. The molecule has 0 spiro atoms. The van der Waals surface area contributed by atoms with Crippen molar-refractivity contribution in [1.82, 2.24) is 24.8 Å². The minimum Gasteiger partial charge on any atom is -0.368 e. The molecule has 1 atom stereocenters. The maximum atomic E-state index is 9.97. The van der Waals surface area contributed by atoms with E-state index in [1.807, 2.05) is 36.4 Å². The van der Waals surface area contributed by atoms with Crippen LogP contribution in [0.4, 0.5) is 0 Å². The molecule has 9 heteroatoms. The van der Waals surface area contributed by atoms with Gasteiger partial charge in [0.1, 0.15) is 24.3 Å². The zero-order valence-corrected chi connectivity index (χ0v) is 30.9. The second-order valence-corrected chi connectivity index (χ2v) is 16.3. The van der Waals surface area contributed by atoms with E-state index in [-0.39, 0.29) is 39.1 Å². The highest BCUT2D eigenvalue weighted by molar-refractivity contribution is 6.38. The third kappa shape index (κ3) is 5.23. The monoisotopic (exact) mass is 683 g/mol. The van der Waals surface area contributed by atoms with Gasteiger partial charge in [-0.3, -0.25) is 0 Å². The van der Waals surface area contributed by atoms with Crippen molar-refractivity contribution in [2.45, 2.75) is 92.5 Å². The lowest BCUT2D eigenvalue weighted by Gasteiger charge is -2.50. The van der Waals surface area contributed by atoms with Gasteiger partial charge >= 0.3 is 0 Å². The van der Waals surface area contributed by atoms with Crippen molar-refractivity contribution in [3.8, 4) is 24.3 Å². The van der Waals surface area contributed by atoms with Gasteiger partial charge in [-0.1, -0.05) is 90.8 Å². The van der Waals surface area contributed by atoms with Gasteiger partial charge in [-0.15, -0.1) is 0 Å². The number of aromatic nitrogens is 4. The fourth-order valence-corrected chi connectivity index (χ4v) is 8.23. The van der Waals surface area contributed by atoms with Crippen LogP contribution in [0.15, 0.2) is 42.1 Å². The largest absolute Gasteiger partial charge is 0.368 e. The summed E-state index contributed by atoms with van der Waals surface area (Å²) in [6.07, 6.45) is 8.53. The maximum absolute atomic E-state index is 9.97. The van der Waals surface area contributed by atoms with E-state index in [2.05, 4.69) is 87.6 Å². The van der Waals surface area contributed by atoms with Crippen LogP contribution in [0.25, 0.3) is 54.4 Å². The molecule has 0 aliphatic carbocycles. The molecule has 258 valence electrons. The lowest BCUT2D eigenvalue weighted by Crippen LogP contribution is -2.53. The van der Waals surface area contributed by atoms with Gasteiger partial charge in [0, 0.05) is 55.5 Å². The van der Waals surface area contributed by atoms with Crippen molar-refractivity contribution in [1.29, 1.82) is 21.0 Å². The number of fused-ring (bicyclic) bond motifs is 6. The Morgan fingerprint density at radius 3 is 1.65 bits per heavy atom. The van der Waals surface area contributed by atoms with Crippen LogP contribution in [-0.2, 0) is 6.42 Å². The quantitative estimate of drug-likeness (QED) is 0.0910. The number of hydrogen-bond acceptors (Lipinski definition) is 9. The number of benzene rings is 4. The van der Waals surface area contributed by atoms with E-state index in [0.29, 0.717) is 22.1 Å². The van der Waals surface area contributed by atoms with Crippen LogP contribution in [0.1, 0.15) is 109 Å². The highest BCUT2D eigenvalue weighted by Gasteiger charge is 2.47. The van der Waals surface area contributed by atoms with Crippen molar-refractivity contribution in [3.63, 3.8) is 0 Å². The molecule has 1 aliphatic rings. The van der Waals surface area contributed by atoms with Gasteiger partial charge < -0.3 is 4.90 Å². The first kappa shape index (κ1) is 34.5. The third-order valence-corrected chi connectivity index (χ3v) is 11.4. The summed E-state index contributed by atoms with van der Waals surface area (Å²) < 4.78 is 0. The van der Waals surface area contributed by atoms with Gasteiger partial charge in [-0.2, -0.15) is 21.0 Å². The summed E-state index contributed by atoms with van der Waals surface area (Å²) in [7, 11) is 0. The first-order valence-electron chi connectivity index (χ1n) is 18.0. The first-order valence-corrected chi connectivity index (χ1v) is 18.0. The predicted octanol–water partition coefficient (Wildman–Crippen LogP) is 9.50. The van der Waals surface area contributed by atoms with E-state index in [1.54, 1.807) is 0 Å². The molecule has 0 bridgehead atoms. The van der Waals surface area contributed by atoms with Gasteiger partial charge in [-0.25, -0.2) is 19.9 Å². The number of unbranched alkanes of at least 4 members (excludes halogenated alkanes) is 3. The SMILES string of the molecule is CC(C)(C)C1=CCC(C)(C(C)(C)C)N1CCCCCCc1ccc2c3nc(C#N)c(C#N)nc3c3cccc4c5nc(C#N)c(C#N)nc5c1c2c34. The summed E-state index contributed by atoms with van der Waals surface area (Å²) in [5.41, 5.74) is 4.90. The maximum Gasteiger partial charge on any atom is 0.177 e. The Kier molecular flexibility index (Phi) is 8.24. The standard InChI is InChI=1S/C43H41N9/c1-41(2,3)33-18-19-43(7,42(4,5)6)52(33)20-11-9-8-10-13-25-16-17-28-36-34(25)40-39(50-31(23-46)32(24-47)51-40)27-15-12-14-26(35(27)36)37-38(28)49-30(22-45)29(21-44)48-37/h12,14-18H,8-11,13,19-20H2,1-7H3. The van der Waals surface area contributed by atoms with E-state index < -0.39 is 0 Å². The van der Waals surface area contributed by atoms with E-state index in [9.17, 15) is 21.0 Å². The average Bonchev–Trinajstić information content (AvgIpc) is 3.49. The molecule has 0 saturated heterocycles. The second-order valence-electron chi connectivity index (χ2n) is 16.3. The van der Waals surface area contributed by atoms with Gasteiger partial charge in [0.2, 0.25) is 0 Å². The molecule has 0 saturated carbocycles.